The Kier molecular flexibility index (Phi) is 36.1. The SMILES string of the molecule is CC(C)CCCCC=O.CC(C)CCCCC=O.CC(C)CCCCC=O.O=P(O)(O)O. The fraction of sp³-hybridized carbons (Fsp3) is 0.875. The van der Waals surface area contributed by atoms with E-state index in [4.69, 9.17) is 19.2 Å². The molecule has 0 unspecified atom stereocenters. The number of carbonyl (C=O) groups excluding carboxylic acids is 3. The van der Waals surface area contributed by atoms with Gasteiger partial charge in [-0.2, -0.15) is 0 Å². The van der Waals surface area contributed by atoms with Gasteiger partial charge >= 0.3 is 7.82 Å². The van der Waals surface area contributed by atoms with Gasteiger partial charge in [0.25, 0.3) is 0 Å². The molecular weight excluding hydrogens is 431 g/mol. The lowest BCUT2D eigenvalue weighted by atomic mass is 10.1. The van der Waals surface area contributed by atoms with Gasteiger partial charge in [-0.3, -0.25) is 0 Å². The molecule has 0 spiro atoms. The molecule has 0 aliphatic carbocycles. The Morgan fingerprint density at radius 1 is 0.531 bits per heavy atom. The third-order valence-corrected chi connectivity index (χ3v) is 4.06. The zero-order valence-electron chi connectivity index (χ0n) is 21.4. The van der Waals surface area contributed by atoms with Crippen LogP contribution in [0.3, 0.4) is 0 Å². The number of carbonyl (C=O) groups is 3. The van der Waals surface area contributed by atoms with E-state index >= 15 is 0 Å². The van der Waals surface area contributed by atoms with Gasteiger partial charge in [0.1, 0.15) is 18.9 Å². The number of hydrogen-bond donors (Lipinski definition) is 3. The lowest BCUT2D eigenvalue weighted by Crippen LogP contribution is -1.86. The van der Waals surface area contributed by atoms with Crippen LogP contribution in [-0.2, 0) is 18.9 Å². The van der Waals surface area contributed by atoms with Crippen LogP contribution < -0.4 is 0 Å². The molecule has 0 radical (unpaired) electrons. The molecule has 8 heteroatoms. The van der Waals surface area contributed by atoms with E-state index in [0.717, 1.165) is 75.1 Å². The summed E-state index contributed by atoms with van der Waals surface area (Å²) in [7, 11) is -4.64. The van der Waals surface area contributed by atoms with E-state index in [1.54, 1.807) is 0 Å². The molecule has 32 heavy (non-hydrogen) atoms. The van der Waals surface area contributed by atoms with Crippen molar-refractivity contribution in [1.82, 2.24) is 0 Å². The summed E-state index contributed by atoms with van der Waals surface area (Å²) in [5.41, 5.74) is 0. The summed E-state index contributed by atoms with van der Waals surface area (Å²) in [6.07, 6.45) is 15.8. The van der Waals surface area contributed by atoms with Crippen LogP contribution in [0.15, 0.2) is 0 Å². The Balaban J connectivity index is -0.000000167. The van der Waals surface area contributed by atoms with Crippen LogP contribution in [0.25, 0.3) is 0 Å². The Morgan fingerprint density at radius 2 is 0.719 bits per heavy atom. The van der Waals surface area contributed by atoms with Crippen molar-refractivity contribution in [3.05, 3.63) is 0 Å². The highest BCUT2D eigenvalue weighted by atomic mass is 31.2. The maximum absolute atomic E-state index is 9.85. The molecule has 0 fully saturated rings. The summed E-state index contributed by atoms with van der Waals surface area (Å²) in [5, 5.41) is 0. The molecule has 7 nitrogen and oxygen atoms in total. The second-order valence-corrected chi connectivity index (χ2v) is 10.1. The van der Waals surface area contributed by atoms with Crippen molar-refractivity contribution in [2.24, 2.45) is 17.8 Å². The second kappa shape index (κ2) is 30.1. The van der Waals surface area contributed by atoms with Crippen molar-refractivity contribution in [2.75, 3.05) is 0 Å². The minimum atomic E-state index is -4.64. The molecular formula is C24H51O7P. The van der Waals surface area contributed by atoms with Crippen LogP contribution in [0, 0.1) is 17.8 Å². The first kappa shape index (κ1) is 38.4. The van der Waals surface area contributed by atoms with Crippen molar-refractivity contribution in [1.29, 1.82) is 0 Å². The third-order valence-electron chi connectivity index (χ3n) is 4.06. The standard InChI is InChI=1S/3C8H16O.H3O4P/c3*1-8(2)6-4-3-5-7-9;1-5(2,3)4/h3*7-8H,3-6H2,1-2H3;(H3,1,2,3,4). The number of unbranched alkanes of at least 4 members (excludes halogenated alkanes) is 6. The first-order valence-corrected chi connectivity index (χ1v) is 13.5. The van der Waals surface area contributed by atoms with Crippen LogP contribution in [0.5, 0.6) is 0 Å². The van der Waals surface area contributed by atoms with Crippen LogP contribution in [0.1, 0.15) is 119 Å². The number of phosphoric acid groups is 1. The Labute approximate surface area is 197 Å². The quantitative estimate of drug-likeness (QED) is 0.142. The molecule has 0 heterocycles. The highest BCUT2D eigenvalue weighted by Gasteiger charge is 2.00. The van der Waals surface area contributed by atoms with Gasteiger partial charge < -0.3 is 29.1 Å². The lowest BCUT2D eigenvalue weighted by Gasteiger charge is -2.00. The van der Waals surface area contributed by atoms with Crippen molar-refractivity contribution in [3.8, 4) is 0 Å². The van der Waals surface area contributed by atoms with Gasteiger partial charge in [-0.15, -0.1) is 0 Å². The molecule has 0 saturated heterocycles. The molecule has 0 bridgehead atoms. The number of aldehydes is 3. The average molecular weight is 483 g/mol. The molecule has 0 rings (SSSR count). The molecule has 0 atom stereocenters. The summed E-state index contributed by atoms with van der Waals surface area (Å²) >= 11 is 0. The predicted molar refractivity (Wildman–Crippen MR) is 132 cm³/mol. The maximum atomic E-state index is 9.85. The van der Waals surface area contributed by atoms with Gasteiger partial charge in [0.15, 0.2) is 0 Å². The molecule has 0 aromatic carbocycles. The van der Waals surface area contributed by atoms with E-state index in [2.05, 4.69) is 41.5 Å². The minimum Gasteiger partial charge on any atom is -0.303 e. The monoisotopic (exact) mass is 482 g/mol. The van der Waals surface area contributed by atoms with Gasteiger partial charge in [0.2, 0.25) is 0 Å². The summed E-state index contributed by atoms with van der Waals surface area (Å²) in [4.78, 5) is 51.1. The Bertz CT molecular complexity index is 376. The molecule has 0 aromatic rings. The van der Waals surface area contributed by atoms with Crippen molar-refractivity contribution < 1.29 is 33.6 Å². The van der Waals surface area contributed by atoms with E-state index in [9.17, 15) is 14.4 Å². The van der Waals surface area contributed by atoms with Gasteiger partial charge in [0.05, 0.1) is 0 Å². The maximum Gasteiger partial charge on any atom is 0.466 e. The zero-order valence-corrected chi connectivity index (χ0v) is 22.3. The summed E-state index contributed by atoms with van der Waals surface area (Å²) in [5.74, 6) is 2.37. The predicted octanol–water partition coefficient (Wildman–Crippen LogP) is 6.28. The van der Waals surface area contributed by atoms with E-state index in [0.29, 0.717) is 0 Å². The van der Waals surface area contributed by atoms with Crippen molar-refractivity contribution in [2.45, 2.75) is 119 Å². The average Bonchev–Trinajstić information content (AvgIpc) is 2.65. The summed E-state index contributed by atoms with van der Waals surface area (Å²) in [6.45, 7) is 13.3. The van der Waals surface area contributed by atoms with Gasteiger partial charge in [0, 0.05) is 19.3 Å². The highest BCUT2D eigenvalue weighted by molar-refractivity contribution is 7.45. The van der Waals surface area contributed by atoms with Crippen LogP contribution in [0.2, 0.25) is 0 Å². The molecule has 0 aliphatic heterocycles. The molecule has 0 aromatic heterocycles. The van der Waals surface area contributed by atoms with Crippen LogP contribution in [-0.4, -0.2) is 33.5 Å². The minimum absolute atomic E-state index is 0.743. The molecule has 3 N–H and O–H groups in total. The van der Waals surface area contributed by atoms with Gasteiger partial charge in [-0.05, 0) is 37.0 Å². The molecule has 0 saturated carbocycles. The van der Waals surface area contributed by atoms with Crippen LogP contribution >= 0.6 is 7.82 Å². The fourth-order valence-corrected chi connectivity index (χ4v) is 2.34. The first-order valence-electron chi connectivity index (χ1n) is 11.9. The van der Waals surface area contributed by atoms with E-state index in [1.807, 2.05) is 0 Å². The summed E-state index contributed by atoms with van der Waals surface area (Å²) < 4.78 is 8.88. The lowest BCUT2D eigenvalue weighted by molar-refractivity contribution is -0.108. The van der Waals surface area contributed by atoms with E-state index in [1.165, 1.54) is 38.5 Å². The fourth-order valence-electron chi connectivity index (χ4n) is 2.34. The normalized spacial score (nSPS) is 10.4. The van der Waals surface area contributed by atoms with Gasteiger partial charge in [-0.1, -0.05) is 80.1 Å². The van der Waals surface area contributed by atoms with E-state index < -0.39 is 7.82 Å². The van der Waals surface area contributed by atoms with Crippen LogP contribution in [0.4, 0.5) is 0 Å². The Hall–Kier alpha value is -0.880. The first-order chi connectivity index (χ1) is 14.8. The smallest absolute Gasteiger partial charge is 0.303 e. The van der Waals surface area contributed by atoms with Crippen molar-refractivity contribution in [3.63, 3.8) is 0 Å². The number of rotatable bonds is 15. The number of hydrogen-bond acceptors (Lipinski definition) is 4. The molecule has 194 valence electrons. The van der Waals surface area contributed by atoms with Crippen molar-refractivity contribution >= 4 is 26.7 Å². The van der Waals surface area contributed by atoms with E-state index in [-0.39, 0.29) is 0 Å². The Morgan fingerprint density at radius 3 is 0.844 bits per heavy atom. The summed E-state index contributed by atoms with van der Waals surface area (Å²) in [6, 6.07) is 0. The second-order valence-electron chi connectivity index (χ2n) is 9.05. The topological polar surface area (TPSA) is 129 Å². The molecule has 0 aliphatic rings. The largest absolute Gasteiger partial charge is 0.466 e. The molecule has 0 amide bonds. The van der Waals surface area contributed by atoms with Gasteiger partial charge in [-0.25, -0.2) is 4.57 Å². The zero-order chi connectivity index (χ0) is 25.8. The highest BCUT2D eigenvalue weighted by Crippen LogP contribution is 2.25. The third kappa shape index (κ3) is 78.6.